The summed E-state index contributed by atoms with van der Waals surface area (Å²) in [4.78, 5) is 31.5. The average Bonchev–Trinajstić information content (AvgIpc) is 3.74. The number of alkyl halides is 3. The maximum atomic E-state index is 11.0. The van der Waals surface area contributed by atoms with Gasteiger partial charge in [-0.05, 0) is 37.1 Å². The number of halogens is 4. The van der Waals surface area contributed by atoms with Crippen LogP contribution in [0.2, 0.25) is 5.02 Å². The van der Waals surface area contributed by atoms with Crippen LogP contribution in [0.1, 0.15) is 12.5 Å². The highest BCUT2D eigenvalue weighted by molar-refractivity contribution is 9.10. The van der Waals surface area contributed by atoms with Crippen LogP contribution in [0, 0.1) is 37.3 Å². The Labute approximate surface area is 285 Å². The number of nitrogens with zero attached hydrogens (tertiary/aromatic N) is 7. The van der Waals surface area contributed by atoms with Crippen LogP contribution in [-0.4, -0.2) is 49.2 Å². The lowest BCUT2D eigenvalue weighted by Gasteiger charge is -2.22. The van der Waals surface area contributed by atoms with Crippen molar-refractivity contribution in [2.24, 2.45) is 8.80 Å². The van der Waals surface area contributed by atoms with Crippen molar-refractivity contribution in [2.75, 3.05) is 5.33 Å². The van der Waals surface area contributed by atoms with E-state index >= 15 is 0 Å². The molecule has 1 aromatic heterocycles. The van der Waals surface area contributed by atoms with Gasteiger partial charge in [-0.1, -0.05) is 33.6 Å². The topological polar surface area (TPSA) is 204 Å². The average molecular weight is 861 g/mol. The summed E-state index contributed by atoms with van der Waals surface area (Å²) in [6.07, 6.45) is 6.90. The molecular formula is C21H15Br3ClN9O6S3. The zero-order chi connectivity index (χ0) is 31.7. The van der Waals surface area contributed by atoms with E-state index in [0.29, 0.717) is 49.8 Å². The minimum Gasteiger partial charge on any atom is -0.308 e. The molecule has 2 aromatic rings. The number of hydrogen-bond acceptors (Lipinski definition) is 15. The molecule has 43 heavy (non-hydrogen) atoms. The van der Waals surface area contributed by atoms with Crippen molar-refractivity contribution in [1.29, 1.82) is 0 Å². The van der Waals surface area contributed by atoms with Crippen molar-refractivity contribution in [3.63, 3.8) is 0 Å². The number of allylic oxidation sites excluding steroid dienone is 4. The Morgan fingerprint density at radius 1 is 0.953 bits per heavy atom. The van der Waals surface area contributed by atoms with Crippen molar-refractivity contribution in [3.8, 4) is 0 Å². The highest BCUT2D eigenvalue weighted by atomic mass is 79.9. The molecule has 4 aliphatic rings. The van der Waals surface area contributed by atoms with E-state index in [-0.39, 0.29) is 16.1 Å². The quantitative estimate of drug-likeness (QED) is 0.111. The van der Waals surface area contributed by atoms with Crippen LogP contribution in [-0.2, 0) is 0 Å². The Balaban J connectivity index is 0.000000148. The summed E-state index contributed by atoms with van der Waals surface area (Å²) in [5.41, 5.74) is 4.92. The molecule has 3 heterocycles. The normalized spacial score (nSPS) is 23.1. The van der Waals surface area contributed by atoms with Gasteiger partial charge in [0.2, 0.25) is 0 Å². The molecule has 0 fully saturated rings. The van der Waals surface area contributed by atoms with E-state index in [4.69, 9.17) is 11.6 Å². The lowest BCUT2D eigenvalue weighted by Crippen LogP contribution is -2.44. The summed E-state index contributed by atoms with van der Waals surface area (Å²) < 4.78 is 18.8. The molecule has 0 saturated carbocycles. The van der Waals surface area contributed by atoms with Crippen LogP contribution >= 0.6 is 95.4 Å². The highest BCUT2D eigenvalue weighted by Gasteiger charge is 2.52. The van der Waals surface area contributed by atoms with Crippen LogP contribution in [0.4, 0.5) is 5.69 Å². The monoisotopic (exact) mass is 857 g/mol. The first-order chi connectivity index (χ1) is 20.2. The number of nitrogens with one attached hydrogen (secondary N) is 2. The molecule has 226 valence electrons. The first kappa shape index (κ1) is 33.5. The summed E-state index contributed by atoms with van der Waals surface area (Å²) in [5.74, 6) is 0. The number of rotatable bonds is 4. The van der Waals surface area contributed by atoms with Gasteiger partial charge in [-0.2, -0.15) is 17.5 Å². The van der Waals surface area contributed by atoms with Gasteiger partial charge in [-0.3, -0.25) is 30.3 Å². The van der Waals surface area contributed by atoms with Crippen molar-refractivity contribution >= 4 is 124 Å². The Morgan fingerprint density at radius 2 is 1.58 bits per heavy atom. The number of hydrogen-bond donors (Lipinski definition) is 2. The maximum absolute atomic E-state index is 11.0. The van der Waals surface area contributed by atoms with E-state index in [1.807, 2.05) is 6.08 Å². The molecule has 1 aromatic carbocycles. The summed E-state index contributed by atoms with van der Waals surface area (Å²) in [6.45, 7) is 3.41. The minimum atomic E-state index is -1.41. The number of fused-ring (bicyclic) bond motifs is 3. The Morgan fingerprint density at radius 3 is 2.19 bits per heavy atom. The van der Waals surface area contributed by atoms with Crippen LogP contribution in [0.3, 0.4) is 0 Å². The smallest absolute Gasteiger partial charge is 0.308 e. The lowest BCUT2D eigenvalue weighted by atomic mass is 9.96. The Bertz CT molecular complexity index is 1750. The van der Waals surface area contributed by atoms with Gasteiger partial charge < -0.3 is 9.44 Å². The molecule has 0 saturated heterocycles. The van der Waals surface area contributed by atoms with Crippen LogP contribution < -0.4 is 9.44 Å². The fourth-order valence-corrected chi connectivity index (χ4v) is 7.44. The number of nitro benzene ring substituents is 1. The van der Waals surface area contributed by atoms with Gasteiger partial charge in [0.1, 0.15) is 5.52 Å². The van der Waals surface area contributed by atoms with Crippen LogP contribution in [0.25, 0.3) is 11.0 Å². The van der Waals surface area contributed by atoms with Gasteiger partial charge in [0.05, 0.1) is 57.3 Å². The van der Waals surface area contributed by atoms with Gasteiger partial charge in [0, 0.05) is 64.8 Å². The predicted octanol–water partition coefficient (Wildman–Crippen LogP) is 6.55. The molecule has 0 spiro atoms. The highest BCUT2D eigenvalue weighted by Crippen LogP contribution is 2.39. The van der Waals surface area contributed by atoms with Crippen LogP contribution in [0.15, 0.2) is 61.7 Å². The van der Waals surface area contributed by atoms with Gasteiger partial charge in [0.15, 0.2) is 16.9 Å². The molecule has 6 rings (SSSR count). The molecule has 2 unspecified atom stereocenters. The second kappa shape index (κ2) is 13.3. The number of aromatic nitrogens is 2. The van der Waals surface area contributed by atoms with E-state index in [0.717, 1.165) is 41.6 Å². The molecule has 2 aliphatic heterocycles. The Kier molecular flexibility index (Phi) is 10.3. The SMILES string of the molecule is CC1=CC=C2NSN=C2C1(Br)[N+](=O)[O-].Cc1cc([N+](=O)[O-])c2nsnc2c1Cl.O=[N+]([O-])C1(Br)C=C(CBr)C=C2NSN=C21. The first-order valence-corrected chi connectivity index (χ1v) is 16.7. The molecular weight excluding hydrogens is 846 g/mol. The summed E-state index contributed by atoms with van der Waals surface area (Å²) in [7, 11) is 0. The first-order valence-electron chi connectivity index (χ1n) is 11.4. The standard InChI is InChI=1S/C7H5Br2N3O2S.C7H6BrN3O2S.C7H4ClN3O2S/c8-3-4-1-5-6(11-15-10-5)7(9,2-4)12(13)14;1-4-2-3-5-6(10-14-9-5)7(4,8)11(12)13;1-3-2-4(11(12)13)6-7(5(3)8)10-14-9-6/h1-2,10H,3H2;2-3,9H,1H3;2H,1H3. The third-order valence-corrected chi connectivity index (χ3v) is 11.0. The van der Waals surface area contributed by atoms with E-state index in [1.165, 1.54) is 6.07 Å². The third kappa shape index (κ3) is 6.38. The number of aryl methyl sites for hydroxylation is 1. The van der Waals surface area contributed by atoms with Crippen molar-refractivity contribution < 1.29 is 14.8 Å². The zero-order valence-corrected chi connectivity index (χ0v) is 29.4. The Hall–Kier alpha value is -2.43. The van der Waals surface area contributed by atoms with Gasteiger partial charge >= 0.3 is 8.90 Å². The summed E-state index contributed by atoms with van der Waals surface area (Å²) in [5, 5.41) is 33.7. The molecule has 2 atom stereocenters. The van der Waals surface area contributed by atoms with E-state index in [9.17, 15) is 30.3 Å². The van der Waals surface area contributed by atoms with Gasteiger partial charge in [0.25, 0.3) is 5.69 Å². The predicted molar refractivity (Wildman–Crippen MR) is 179 cm³/mol. The van der Waals surface area contributed by atoms with Crippen LogP contribution in [0.5, 0.6) is 0 Å². The number of nitro groups is 3. The van der Waals surface area contributed by atoms with E-state index < -0.39 is 18.7 Å². The van der Waals surface area contributed by atoms with Crippen molar-refractivity contribution in [3.05, 3.63) is 93.8 Å². The summed E-state index contributed by atoms with van der Waals surface area (Å²) >= 11 is 18.6. The molecule has 0 amide bonds. The molecule has 2 N–H and O–H groups in total. The lowest BCUT2D eigenvalue weighted by molar-refractivity contribution is -0.504. The fourth-order valence-electron chi connectivity index (χ4n) is 3.79. The van der Waals surface area contributed by atoms with E-state index in [2.05, 4.69) is 74.8 Å². The van der Waals surface area contributed by atoms with Crippen molar-refractivity contribution in [2.45, 2.75) is 22.7 Å². The number of benzene rings is 1. The molecule has 22 heteroatoms. The third-order valence-electron chi connectivity index (χ3n) is 5.98. The van der Waals surface area contributed by atoms with E-state index in [1.54, 1.807) is 32.1 Å². The molecule has 15 nitrogen and oxygen atoms in total. The molecule has 2 aliphatic carbocycles. The van der Waals surface area contributed by atoms with Crippen molar-refractivity contribution in [1.82, 2.24) is 18.2 Å². The zero-order valence-electron chi connectivity index (χ0n) is 21.4. The maximum Gasteiger partial charge on any atom is 0.340 e. The molecule has 0 radical (unpaired) electrons. The second-order valence-corrected chi connectivity index (χ2v) is 13.6. The second-order valence-electron chi connectivity index (χ2n) is 8.66. The number of non-ortho nitro benzene ring substituents is 1. The largest absolute Gasteiger partial charge is 0.340 e. The minimum absolute atomic E-state index is 0.0457. The summed E-state index contributed by atoms with van der Waals surface area (Å²) in [6, 6.07) is 1.41. The van der Waals surface area contributed by atoms with Gasteiger partial charge in [-0.15, -0.1) is 0 Å². The fraction of sp³-hybridized carbons (Fsp3) is 0.238. The molecule has 0 bridgehead atoms. The van der Waals surface area contributed by atoms with Gasteiger partial charge in [-0.25, -0.2) is 0 Å².